The summed E-state index contributed by atoms with van der Waals surface area (Å²) in [6.45, 7) is 1.68. The van der Waals surface area contributed by atoms with Crippen LogP contribution in [0.4, 0.5) is 0 Å². The van der Waals surface area contributed by atoms with Crippen molar-refractivity contribution in [2.75, 3.05) is 13.1 Å². The van der Waals surface area contributed by atoms with Gasteiger partial charge in [-0.2, -0.15) is 0 Å². The standard InChI is InChI=1S/C8H13N3O2/c12-7-5-6(9-10-7)8(13)11-3-1-2-4-11/h6,9H,1-5H2,(H,10,12). The molecule has 0 aliphatic carbocycles. The van der Waals surface area contributed by atoms with E-state index in [4.69, 9.17) is 0 Å². The van der Waals surface area contributed by atoms with Crippen LogP contribution in [0.3, 0.4) is 0 Å². The number of hydrazine groups is 1. The lowest BCUT2D eigenvalue weighted by Crippen LogP contribution is -2.44. The summed E-state index contributed by atoms with van der Waals surface area (Å²) in [6.07, 6.45) is 2.44. The Balaban J connectivity index is 1.92. The Bertz CT molecular complexity index is 236. The molecule has 2 heterocycles. The number of amides is 2. The Hall–Kier alpha value is -1.10. The average molecular weight is 183 g/mol. The topological polar surface area (TPSA) is 61.4 Å². The van der Waals surface area contributed by atoms with E-state index in [1.807, 2.05) is 4.90 Å². The SMILES string of the molecule is O=C1CC(C(=O)N2CCCC2)NN1. The van der Waals surface area contributed by atoms with Gasteiger partial charge in [-0.05, 0) is 12.8 Å². The molecule has 2 aliphatic rings. The van der Waals surface area contributed by atoms with Crippen molar-refractivity contribution in [2.24, 2.45) is 0 Å². The monoisotopic (exact) mass is 183 g/mol. The highest BCUT2D eigenvalue weighted by atomic mass is 16.2. The molecule has 2 amide bonds. The molecular formula is C8H13N3O2. The second kappa shape index (κ2) is 3.33. The zero-order chi connectivity index (χ0) is 9.26. The molecule has 1 unspecified atom stereocenters. The number of hydrogen-bond donors (Lipinski definition) is 2. The van der Waals surface area contributed by atoms with Crippen molar-refractivity contribution in [3.8, 4) is 0 Å². The van der Waals surface area contributed by atoms with E-state index in [1.54, 1.807) is 0 Å². The van der Waals surface area contributed by atoms with Crippen LogP contribution in [0.25, 0.3) is 0 Å². The minimum atomic E-state index is -0.342. The van der Waals surface area contributed by atoms with Gasteiger partial charge >= 0.3 is 0 Å². The van der Waals surface area contributed by atoms with E-state index in [1.165, 1.54) is 0 Å². The highest BCUT2D eigenvalue weighted by Crippen LogP contribution is 2.11. The van der Waals surface area contributed by atoms with Crippen LogP contribution in [0, 0.1) is 0 Å². The van der Waals surface area contributed by atoms with Gasteiger partial charge in [0, 0.05) is 13.1 Å². The molecule has 72 valence electrons. The van der Waals surface area contributed by atoms with Crippen LogP contribution in [0.5, 0.6) is 0 Å². The second-order valence-electron chi connectivity index (χ2n) is 3.48. The number of hydrogen-bond acceptors (Lipinski definition) is 3. The summed E-state index contributed by atoms with van der Waals surface area (Å²) in [7, 11) is 0. The van der Waals surface area contributed by atoms with Crippen molar-refractivity contribution >= 4 is 11.8 Å². The minimum Gasteiger partial charge on any atom is -0.341 e. The normalized spacial score (nSPS) is 27.8. The van der Waals surface area contributed by atoms with E-state index in [9.17, 15) is 9.59 Å². The minimum absolute atomic E-state index is 0.0517. The molecule has 2 N–H and O–H groups in total. The molecule has 5 heteroatoms. The van der Waals surface area contributed by atoms with Crippen LogP contribution in [0.1, 0.15) is 19.3 Å². The number of rotatable bonds is 1. The molecule has 0 saturated carbocycles. The fourth-order valence-electron chi connectivity index (χ4n) is 1.76. The summed E-state index contributed by atoms with van der Waals surface area (Å²) in [4.78, 5) is 24.3. The van der Waals surface area contributed by atoms with Gasteiger partial charge in [0.05, 0.1) is 6.42 Å². The third-order valence-electron chi connectivity index (χ3n) is 2.49. The first kappa shape index (κ1) is 8.50. The van der Waals surface area contributed by atoms with Crippen LogP contribution < -0.4 is 10.9 Å². The van der Waals surface area contributed by atoms with Gasteiger partial charge in [-0.25, -0.2) is 5.43 Å². The third kappa shape index (κ3) is 1.65. The lowest BCUT2D eigenvalue weighted by atomic mass is 10.2. The Morgan fingerprint density at radius 1 is 1.38 bits per heavy atom. The first-order chi connectivity index (χ1) is 6.27. The predicted octanol–water partition coefficient (Wildman–Crippen LogP) is -0.998. The summed E-state index contributed by atoms with van der Waals surface area (Å²) >= 11 is 0. The third-order valence-corrected chi connectivity index (χ3v) is 2.49. The summed E-state index contributed by atoms with van der Waals surface area (Å²) in [5, 5.41) is 0. The van der Waals surface area contributed by atoms with Crippen LogP contribution in [-0.2, 0) is 9.59 Å². The van der Waals surface area contributed by atoms with E-state index < -0.39 is 0 Å². The van der Waals surface area contributed by atoms with Gasteiger partial charge in [0.2, 0.25) is 11.8 Å². The molecule has 2 rings (SSSR count). The largest absolute Gasteiger partial charge is 0.341 e. The van der Waals surface area contributed by atoms with Crippen molar-refractivity contribution in [3.05, 3.63) is 0 Å². The number of nitrogens with zero attached hydrogens (tertiary/aromatic N) is 1. The summed E-state index contributed by atoms with van der Waals surface area (Å²) in [5.74, 6) is -0.0478. The molecule has 0 aromatic carbocycles. The van der Waals surface area contributed by atoms with Crippen LogP contribution in [0.15, 0.2) is 0 Å². The van der Waals surface area contributed by atoms with Gasteiger partial charge in [-0.15, -0.1) is 0 Å². The lowest BCUT2D eigenvalue weighted by molar-refractivity contribution is -0.132. The van der Waals surface area contributed by atoms with Gasteiger partial charge in [0.15, 0.2) is 0 Å². The highest BCUT2D eigenvalue weighted by molar-refractivity contribution is 5.90. The highest BCUT2D eigenvalue weighted by Gasteiger charge is 2.31. The maximum atomic E-state index is 11.7. The Morgan fingerprint density at radius 3 is 2.62 bits per heavy atom. The molecule has 0 aromatic heterocycles. The zero-order valence-electron chi connectivity index (χ0n) is 7.38. The first-order valence-corrected chi connectivity index (χ1v) is 4.60. The van der Waals surface area contributed by atoms with Crippen LogP contribution >= 0.6 is 0 Å². The molecule has 2 fully saturated rings. The molecule has 1 atom stereocenters. The molecule has 2 aliphatic heterocycles. The van der Waals surface area contributed by atoms with Crippen molar-refractivity contribution in [2.45, 2.75) is 25.3 Å². The van der Waals surface area contributed by atoms with E-state index in [0.29, 0.717) is 0 Å². The molecule has 2 saturated heterocycles. The molecule has 0 aromatic rings. The number of nitrogens with one attached hydrogen (secondary N) is 2. The van der Waals surface area contributed by atoms with Gasteiger partial charge < -0.3 is 4.90 Å². The van der Waals surface area contributed by atoms with E-state index in [-0.39, 0.29) is 24.3 Å². The van der Waals surface area contributed by atoms with Gasteiger partial charge in [0.25, 0.3) is 0 Å². The quantitative estimate of drug-likeness (QED) is 0.548. The average Bonchev–Trinajstić information content (AvgIpc) is 2.72. The summed E-state index contributed by atoms with van der Waals surface area (Å²) < 4.78 is 0. The number of carbonyl (C=O) groups is 2. The number of likely N-dealkylation sites (tertiary alicyclic amines) is 1. The molecule has 13 heavy (non-hydrogen) atoms. The van der Waals surface area contributed by atoms with Crippen LogP contribution in [-0.4, -0.2) is 35.8 Å². The van der Waals surface area contributed by atoms with Gasteiger partial charge in [0.1, 0.15) is 6.04 Å². The first-order valence-electron chi connectivity index (χ1n) is 4.60. The molecule has 0 spiro atoms. The zero-order valence-corrected chi connectivity index (χ0v) is 7.38. The van der Waals surface area contributed by atoms with E-state index in [0.717, 1.165) is 25.9 Å². The van der Waals surface area contributed by atoms with E-state index >= 15 is 0 Å². The summed E-state index contributed by atoms with van der Waals surface area (Å²) in [6, 6.07) is -0.342. The summed E-state index contributed by atoms with van der Waals surface area (Å²) in [5.41, 5.74) is 5.13. The fourth-order valence-corrected chi connectivity index (χ4v) is 1.76. The molecule has 0 radical (unpaired) electrons. The van der Waals surface area contributed by atoms with Crippen molar-refractivity contribution in [1.82, 2.24) is 15.8 Å². The van der Waals surface area contributed by atoms with Crippen LogP contribution in [0.2, 0.25) is 0 Å². The van der Waals surface area contributed by atoms with E-state index in [2.05, 4.69) is 10.9 Å². The Kier molecular flexibility index (Phi) is 2.18. The lowest BCUT2D eigenvalue weighted by Gasteiger charge is -2.18. The molecule has 0 bridgehead atoms. The maximum absolute atomic E-state index is 11.7. The number of carbonyl (C=O) groups excluding carboxylic acids is 2. The van der Waals surface area contributed by atoms with Crippen molar-refractivity contribution < 1.29 is 9.59 Å². The smallest absolute Gasteiger partial charge is 0.242 e. The molecular weight excluding hydrogens is 170 g/mol. The second-order valence-corrected chi connectivity index (χ2v) is 3.48. The van der Waals surface area contributed by atoms with Gasteiger partial charge in [-0.3, -0.25) is 15.0 Å². The van der Waals surface area contributed by atoms with Crippen molar-refractivity contribution in [3.63, 3.8) is 0 Å². The molecule has 5 nitrogen and oxygen atoms in total. The maximum Gasteiger partial charge on any atom is 0.242 e. The Labute approximate surface area is 76.4 Å². The fraction of sp³-hybridized carbons (Fsp3) is 0.750. The van der Waals surface area contributed by atoms with Gasteiger partial charge in [-0.1, -0.05) is 0 Å². The Morgan fingerprint density at radius 2 is 2.08 bits per heavy atom. The van der Waals surface area contributed by atoms with Crippen molar-refractivity contribution in [1.29, 1.82) is 0 Å². The predicted molar refractivity (Wildman–Crippen MR) is 45.5 cm³/mol.